The fraction of sp³-hybridized carbons (Fsp3) is 0.538. The van der Waals surface area contributed by atoms with Gasteiger partial charge >= 0.3 is 5.97 Å². The van der Waals surface area contributed by atoms with E-state index in [1.165, 1.54) is 13.3 Å². The molecule has 1 aliphatic rings. The second kappa shape index (κ2) is 6.77. The molecule has 1 N–H and O–H groups in total. The minimum Gasteiger partial charge on any atom is -0.465 e. The van der Waals surface area contributed by atoms with Gasteiger partial charge in [0.15, 0.2) is 0 Å². The van der Waals surface area contributed by atoms with E-state index in [1.54, 1.807) is 6.07 Å². The number of hydrogen-bond acceptors (Lipinski definition) is 5. The molecule has 0 saturated carbocycles. The first-order chi connectivity index (χ1) is 9.19. The van der Waals surface area contributed by atoms with Gasteiger partial charge < -0.3 is 10.1 Å². The van der Waals surface area contributed by atoms with Crippen LogP contribution < -0.4 is 5.32 Å². The van der Waals surface area contributed by atoms with Gasteiger partial charge in [0.1, 0.15) is 0 Å². The molecular weight excluding hydrogens is 264 g/mol. The van der Waals surface area contributed by atoms with Crippen LogP contribution in [-0.4, -0.2) is 39.8 Å². The Morgan fingerprint density at radius 3 is 2.79 bits per heavy atom. The van der Waals surface area contributed by atoms with E-state index in [9.17, 15) is 9.00 Å². The molecule has 0 unspecified atom stereocenters. The maximum Gasteiger partial charge on any atom is 0.339 e. The minimum absolute atomic E-state index is 0.373. The van der Waals surface area contributed by atoms with Crippen LogP contribution in [0.5, 0.6) is 0 Å². The average molecular weight is 282 g/mol. The number of rotatable bonds is 4. The molecule has 19 heavy (non-hydrogen) atoms. The number of methoxy groups -OCH3 is 1. The smallest absolute Gasteiger partial charge is 0.339 e. The van der Waals surface area contributed by atoms with E-state index in [2.05, 4.69) is 15.0 Å². The summed E-state index contributed by atoms with van der Waals surface area (Å²) in [4.78, 5) is 15.5. The lowest BCUT2D eigenvalue weighted by molar-refractivity contribution is 0.0600. The number of nitrogens with zero attached hydrogens (tertiary/aromatic N) is 1. The molecule has 0 amide bonds. The van der Waals surface area contributed by atoms with Gasteiger partial charge in [-0.15, -0.1) is 0 Å². The first-order valence-electron chi connectivity index (χ1n) is 6.30. The molecule has 1 saturated heterocycles. The third-order valence-electron chi connectivity index (χ3n) is 3.21. The van der Waals surface area contributed by atoms with Gasteiger partial charge in [-0.3, -0.25) is 9.19 Å². The van der Waals surface area contributed by atoms with Crippen LogP contribution in [0.25, 0.3) is 0 Å². The van der Waals surface area contributed by atoms with Crippen molar-refractivity contribution < 1.29 is 13.7 Å². The standard InChI is InChI=1S/C13H18N2O3S/c1-18-13(16)10-2-3-12(14-8-10)9-15-11-4-6-19(17)7-5-11/h2-3,8,11,15H,4-7,9H2,1H3. The summed E-state index contributed by atoms with van der Waals surface area (Å²) < 4.78 is 15.9. The van der Waals surface area contributed by atoms with Crippen molar-refractivity contribution in [1.82, 2.24) is 10.3 Å². The van der Waals surface area contributed by atoms with Crippen LogP contribution in [0.2, 0.25) is 0 Å². The van der Waals surface area contributed by atoms with E-state index in [0.29, 0.717) is 18.2 Å². The van der Waals surface area contributed by atoms with Crippen molar-refractivity contribution in [1.29, 1.82) is 0 Å². The number of aromatic nitrogens is 1. The summed E-state index contributed by atoms with van der Waals surface area (Å²) in [7, 11) is 0.727. The molecule has 1 aromatic rings. The van der Waals surface area contributed by atoms with Crippen LogP contribution in [0.3, 0.4) is 0 Å². The van der Waals surface area contributed by atoms with Crippen LogP contribution in [0.4, 0.5) is 0 Å². The van der Waals surface area contributed by atoms with Gasteiger partial charge in [-0.2, -0.15) is 0 Å². The van der Waals surface area contributed by atoms with Crippen LogP contribution in [0.1, 0.15) is 28.9 Å². The van der Waals surface area contributed by atoms with Crippen molar-refractivity contribution in [3.05, 3.63) is 29.6 Å². The third kappa shape index (κ3) is 4.11. The fourth-order valence-corrected chi connectivity index (χ4v) is 3.31. The molecule has 0 atom stereocenters. The molecule has 0 spiro atoms. The van der Waals surface area contributed by atoms with Gasteiger partial charge in [0.2, 0.25) is 0 Å². The number of esters is 1. The molecule has 0 aromatic carbocycles. The van der Waals surface area contributed by atoms with Gasteiger partial charge in [-0.1, -0.05) is 0 Å². The molecule has 2 rings (SSSR count). The van der Waals surface area contributed by atoms with Crippen LogP contribution in [0, 0.1) is 0 Å². The minimum atomic E-state index is -0.625. The highest BCUT2D eigenvalue weighted by atomic mass is 32.2. The summed E-state index contributed by atoms with van der Waals surface area (Å²) in [6, 6.07) is 3.95. The largest absolute Gasteiger partial charge is 0.465 e. The van der Waals surface area contributed by atoms with Crippen molar-refractivity contribution in [3.63, 3.8) is 0 Å². The lowest BCUT2D eigenvalue weighted by Crippen LogP contribution is -2.35. The zero-order valence-corrected chi connectivity index (χ0v) is 11.7. The van der Waals surface area contributed by atoms with Gasteiger partial charge in [0.05, 0.1) is 18.4 Å². The van der Waals surface area contributed by atoms with Gasteiger partial charge in [0, 0.05) is 41.1 Å². The SMILES string of the molecule is COC(=O)c1ccc(CNC2CCS(=O)CC2)nc1. The topological polar surface area (TPSA) is 68.3 Å². The Balaban J connectivity index is 1.83. The monoisotopic (exact) mass is 282 g/mol. The molecule has 6 heteroatoms. The molecule has 0 radical (unpaired) electrons. The van der Waals surface area contributed by atoms with Crippen LogP contribution in [0.15, 0.2) is 18.3 Å². The molecule has 5 nitrogen and oxygen atoms in total. The van der Waals surface area contributed by atoms with Crippen LogP contribution >= 0.6 is 0 Å². The number of carbonyl (C=O) groups excluding carboxylic acids is 1. The third-order valence-corrected chi connectivity index (χ3v) is 4.59. The second-order valence-corrected chi connectivity index (χ2v) is 6.23. The predicted octanol–water partition coefficient (Wildman–Crippen LogP) is 0.869. The van der Waals surface area contributed by atoms with Crippen LogP contribution in [-0.2, 0) is 22.1 Å². The molecule has 1 fully saturated rings. The Hall–Kier alpha value is -1.27. The Kier molecular flexibility index (Phi) is 5.04. The van der Waals surface area contributed by atoms with E-state index in [-0.39, 0.29) is 5.97 Å². The number of hydrogen-bond donors (Lipinski definition) is 1. The van der Waals surface area contributed by atoms with Gasteiger partial charge in [0.25, 0.3) is 0 Å². The van der Waals surface area contributed by atoms with E-state index in [0.717, 1.165) is 30.0 Å². The van der Waals surface area contributed by atoms with Gasteiger partial charge in [-0.25, -0.2) is 4.79 Å². The van der Waals surface area contributed by atoms with Crippen molar-refractivity contribution in [2.24, 2.45) is 0 Å². The van der Waals surface area contributed by atoms with E-state index < -0.39 is 10.8 Å². The molecule has 2 heterocycles. The van der Waals surface area contributed by atoms with E-state index >= 15 is 0 Å². The molecule has 0 aliphatic carbocycles. The Morgan fingerprint density at radius 2 is 2.21 bits per heavy atom. The lowest BCUT2D eigenvalue weighted by atomic mass is 10.1. The highest BCUT2D eigenvalue weighted by Gasteiger charge is 2.17. The van der Waals surface area contributed by atoms with Crippen molar-refractivity contribution in [2.45, 2.75) is 25.4 Å². The average Bonchev–Trinajstić information content (AvgIpc) is 2.46. The van der Waals surface area contributed by atoms with E-state index in [1.807, 2.05) is 6.07 Å². The molecule has 1 aromatic heterocycles. The number of nitrogens with one attached hydrogen (secondary N) is 1. The summed E-state index contributed by atoms with van der Waals surface area (Å²) in [5.74, 6) is 1.19. The summed E-state index contributed by atoms with van der Waals surface area (Å²) in [5.41, 5.74) is 1.35. The fourth-order valence-electron chi connectivity index (χ4n) is 2.01. The molecule has 1 aliphatic heterocycles. The summed E-state index contributed by atoms with van der Waals surface area (Å²) in [5, 5.41) is 3.41. The summed E-state index contributed by atoms with van der Waals surface area (Å²) in [6.07, 6.45) is 3.43. The Labute approximate surface area is 115 Å². The zero-order chi connectivity index (χ0) is 13.7. The highest BCUT2D eigenvalue weighted by Crippen LogP contribution is 2.10. The lowest BCUT2D eigenvalue weighted by Gasteiger charge is -2.22. The van der Waals surface area contributed by atoms with Gasteiger partial charge in [-0.05, 0) is 25.0 Å². The number of pyridine rings is 1. The molecule has 104 valence electrons. The first kappa shape index (κ1) is 14.1. The van der Waals surface area contributed by atoms with E-state index in [4.69, 9.17) is 0 Å². The maximum absolute atomic E-state index is 11.3. The highest BCUT2D eigenvalue weighted by molar-refractivity contribution is 7.85. The Morgan fingerprint density at radius 1 is 1.47 bits per heavy atom. The quantitative estimate of drug-likeness (QED) is 0.830. The normalized spacial score (nSPS) is 23.0. The maximum atomic E-state index is 11.3. The first-order valence-corrected chi connectivity index (χ1v) is 7.79. The number of carbonyl (C=O) groups is 1. The van der Waals surface area contributed by atoms with Crippen molar-refractivity contribution >= 4 is 16.8 Å². The zero-order valence-electron chi connectivity index (χ0n) is 10.9. The summed E-state index contributed by atoms with van der Waals surface area (Å²) in [6.45, 7) is 0.665. The van der Waals surface area contributed by atoms with Crippen molar-refractivity contribution in [3.8, 4) is 0 Å². The Bertz CT molecular complexity index is 451. The predicted molar refractivity (Wildman–Crippen MR) is 73.3 cm³/mol. The molecular formula is C13H18N2O3S. The summed E-state index contributed by atoms with van der Waals surface area (Å²) >= 11 is 0. The number of ether oxygens (including phenoxy) is 1. The second-order valence-electron chi connectivity index (χ2n) is 4.53. The van der Waals surface area contributed by atoms with Crippen molar-refractivity contribution in [2.75, 3.05) is 18.6 Å². The molecule has 0 bridgehead atoms.